The number of nitrogens with two attached hydrogens (primary N) is 1. The van der Waals surface area contributed by atoms with Gasteiger partial charge in [-0.3, -0.25) is 9.59 Å². The molecular weight excluding hydrogens is 235 g/mol. The maximum Gasteiger partial charge on any atom is 0.251 e. The normalized spacial score (nSPS) is 13.7. The molecule has 1 rings (SSSR count). The number of halogens is 1. The maximum absolute atomic E-state index is 12.7. The van der Waals surface area contributed by atoms with Crippen molar-refractivity contribution >= 4 is 11.8 Å². The third-order valence-corrected chi connectivity index (χ3v) is 2.91. The largest absolute Gasteiger partial charge is 0.368 e. The molecule has 1 aromatic carbocycles. The van der Waals surface area contributed by atoms with E-state index in [1.54, 1.807) is 0 Å². The van der Waals surface area contributed by atoms with Crippen molar-refractivity contribution in [1.29, 1.82) is 0 Å². The van der Waals surface area contributed by atoms with E-state index in [9.17, 15) is 14.0 Å². The molecule has 0 aliphatic heterocycles. The lowest BCUT2D eigenvalue weighted by Crippen LogP contribution is -2.48. The first-order valence-electron chi connectivity index (χ1n) is 5.81. The van der Waals surface area contributed by atoms with Gasteiger partial charge in [0.25, 0.3) is 5.91 Å². The summed E-state index contributed by atoms with van der Waals surface area (Å²) in [5, 5.41) is 2.57. The molecule has 0 bridgehead atoms. The van der Waals surface area contributed by atoms with Crippen LogP contribution in [0.2, 0.25) is 0 Å². The van der Waals surface area contributed by atoms with E-state index < -0.39 is 23.7 Å². The second-order valence-electron chi connectivity index (χ2n) is 4.25. The Morgan fingerprint density at radius 1 is 1.33 bits per heavy atom. The summed E-state index contributed by atoms with van der Waals surface area (Å²) >= 11 is 0. The standard InChI is InChI=1S/C13H17FN2O2/c1-3-8(2)11(12(15)17)16-13(18)9-4-6-10(14)7-5-9/h4-8,11H,3H2,1-2H3,(H2,15,17)(H,16,18)/t8-,11+/m0/s1. The average molecular weight is 252 g/mol. The molecule has 0 fully saturated rings. The molecule has 0 saturated carbocycles. The fourth-order valence-electron chi connectivity index (χ4n) is 1.56. The van der Waals surface area contributed by atoms with Gasteiger partial charge in [-0.05, 0) is 30.2 Å². The molecule has 1 aromatic rings. The molecule has 0 spiro atoms. The monoisotopic (exact) mass is 252 g/mol. The number of hydrogen-bond acceptors (Lipinski definition) is 2. The molecule has 98 valence electrons. The Morgan fingerprint density at radius 3 is 2.33 bits per heavy atom. The molecule has 18 heavy (non-hydrogen) atoms. The van der Waals surface area contributed by atoms with Crippen LogP contribution in [-0.2, 0) is 4.79 Å². The summed E-state index contributed by atoms with van der Waals surface area (Å²) in [5.74, 6) is -1.47. The van der Waals surface area contributed by atoms with Crippen LogP contribution >= 0.6 is 0 Å². The molecule has 4 nitrogen and oxygen atoms in total. The zero-order valence-corrected chi connectivity index (χ0v) is 10.4. The minimum absolute atomic E-state index is 0.0492. The summed E-state index contributed by atoms with van der Waals surface area (Å²) < 4.78 is 12.7. The average Bonchev–Trinajstić information content (AvgIpc) is 2.35. The highest BCUT2D eigenvalue weighted by molar-refractivity contribution is 5.97. The number of hydrogen-bond donors (Lipinski definition) is 2. The Bertz CT molecular complexity index is 431. The summed E-state index contributed by atoms with van der Waals surface area (Å²) in [6.07, 6.45) is 0.720. The second-order valence-corrected chi connectivity index (χ2v) is 4.25. The lowest BCUT2D eigenvalue weighted by atomic mass is 9.98. The van der Waals surface area contributed by atoms with Gasteiger partial charge in [0.1, 0.15) is 11.9 Å². The van der Waals surface area contributed by atoms with E-state index in [1.165, 1.54) is 24.3 Å². The SMILES string of the molecule is CC[C@H](C)[C@@H](NC(=O)c1ccc(F)cc1)C(N)=O. The highest BCUT2D eigenvalue weighted by atomic mass is 19.1. The summed E-state index contributed by atoms with van der Waals surface area (Å²) in [5.41, 5.74) is 5.55. The minimum atomic E-state index is -0.715. The lowest BCUT2D eigenvalue weighted by molar-refractivity contribution is -0.120. The number of primary amides is 1. The van der Waals surface area contributed by atoms with Crippen molar-refractivity contribution < 1.29 is 14.0 Å². The summed E-state index contributed by atoms with van der Waals surface area (Å²) in [6, 6.07) is 4.39. The predicted molar refractivity (Wildman–Crippen MR) is 66.3 cm³/mol. The third kappa shape index (κ3) is 3.55. The first-order valence-corrected chi connectivity index (χ1v) is 5.81. The van der Waals surface area contributed by atoms with E-state index in [-0.39, 0.29) is 5.92 Å². The number of benzene rings is 1. The van der Waals surface area contributed by atoms with Crippen LogP contribution in [-0.4, -0.2) is 17.9 Å². The van der Waals surface area contributed by atoms with E-state index in [0.29, 0.717) is 5.56 Å². The molecule has 3 N–H and O–H groups in total. The molecule has 0 unspecified atom stereocenters. The quantitative estimate of drug-likeness (QED) is 0.832. The molecule has 2 atom stereocenters. The molecular formula is C13H17FN2O2. The van der Waals surface area contributed by atoms with E-state index >= 15 is 0 Å². The van der Waals surface area contributed by atoms with E-state index in [4.69, 9.17) is 5.73 Å². The van der Waals surface area contributed by atoms with Gasteiger partial charge in [0.15, 0.2) is 0 Å². The molecule has 0 saturated heterocycles. The third-order valence-electron chi connectivity index (χ3n) is 2.91. The summed E-state index contributed by atoms with van der Waals surface area (Å²) in [6.45, 7) is 3.74. The Morgan fingerprint density at radius 2 is 1.89 bits per heavy atom. The van der Waals surface area contributed by atoms with Crippen molar-refractivity contribution in [3.63, 3.8) is 0 Å². The van der Waals surface area contributed by atoms with Crippen LogP contribution in [0.3, 0.4) is 0 Å². The predicted octanol–water partition coefficient (Wildman–Crippen LogP) is 1.46. The van der Waals surface area contributed by atoms with Gasteiger partial charge in [-0.2, -0.15) is 0 Å². The highest BCUT2D eigenvalue weighted by Crippen LogP contribution is 2.09. The van der Waals surface area contributed by atoms with E-state index in [0.717, 1.165) is 6.42 Å². The van der Waals surface area contributed by atoms with Gasteiger partial charge in [-0.1, -0.05) is 20.3 Å². The molecule has 0 radical (unpaired) electrons. The molecule has 0 aliphatic carbocycles. The molecule has 0 heterocycles. The first kappa shape index (κ1) is 14.2. The van der Waals surface area contributed by atoms with Crippen LogP contribution in [0.25, 0.3) is 0 Å². The zero-order valence-electron chi connectivity index (χ0n) is 10.4. The van der Waals surface area contributed by atoms with Gasteiger partial charge >= 0.3 is 0 Å². The van der Waals surface area contributed by atoms with Crippen LogP contribution in [0.15, 0.2) is 24.3 Å². The van der Waals surface area contributed by atoms with Gasteiger partial charge in [0.05, 0.1) is 0 Å². The number of nitrogens with one attached hydrogen (secondary N) is 1. The van der Waals surface area contributed by atoms with Crippen LogP contribution < -0.4 is 11.1 Å². The number of carbonyl (C=O) groups is 2. The van der Waals surface area contributed by atoms with Crippen LogP contribution in [0.5, 0.6) is 0 Å². The van der Waals surface area contributed by atoms with Gasteiger partial charge in [0.2, 0.25) is 5.91 Å². The fourth-order valence-corrected chi connectivity index (χ4v) is 1.56. The summed E-state index contributed by atoms with van der Waals surface area (Å²) in [4.78, 5) is 23.1. The lowest BCUT2D eigenvalue weighted by Gasteiger charge is -2.21. The van der Waals surface area contributed by atoms with Crippen LogP contribution in [0.4, 0.5) is 4.39 Å². The van der Waals surface area contributed by atoms with Crippen molar-refractivity contribution in [1.82, 2.24) is 5.32 Å². The van der Waals surface area contributed by atoms with Gasteiger partial charge in [0, 0.05) is 5.56 Å². The van der Waals surface area contributed by atoms with Crippen molar-refractivity contribution in [3.8, 4) is 0 Å². The Labute approximate surface area is 105 Å². The zero-order chi connectivity index (χ0) is 13.7. The van der Waals surface area contributed by atoms with Crippen molar-refractivity contribution in [3.05, 3.63) is 35.6 Å². The van der Waals surface area contributed by atoms with E-state index in [1.807, 2.05) is 13.8 Å². The van der Waals surface area contributed by atoms with Gasteiger partial charge < -0.3 is 11.1 Å². The number of amides is 2. The second kappa shape index (κ2) is 6.14. The van der Waals surface area contributed by atoms with Crippen LogP contribution in [0.1, 0.15) is 30.6 Å². The topological polar surface area (TPSA) is 72.2 Å². The Kier molecular flexibility index (Phi) is 4.83. The Hall–Kier alpha value is -1.91. The minimum Gasteiger partial charge on any atom is -0.368 e. The first-order chi connectivity index (χ1) is 8.45. The molecule has 0 aliphatic rings. The number of carbonyl (C=O) groups excluding carboxylic acids is 2. The van der Waals surface area contributed by atoms with Gasteiger partial charge in [-0.15, -0.1) is 0 Å². The number of rotatable bonds is 5. The highest BCUT2D eigenvalue weighted by Gasteiger charge is 2.23. The van der Waals surface area contributed by atoms with E-state index in [2.05, 4.69) is 5.32 Å². The smallest absolute Gasteiger partial charge is 0.251 e. The molecule has 0 aromatic heterocycles. The van der Waals surface area contributed by atoms with Crippen LogP contribution in [0, 0.1) is 11.7 Å². The van der Waals surface area contributed by atoms with Crippen molar-refractivity contribution in [2.45, 2.75) is 26.3 Å². The van der Waals surface area contributed by atoms with Crippen molar-refractivity contribution in [2.24, 2.45) is 11.7 Å². The maximum atomic E-state index is 12.7. The summed E-state index contributed by atoms with van der Waals surface area (Å²) in [7, 11) is 0. The van der Waals surface area contributed by atoms with Crippen molar-refractivity contribution in [2.75, 3.05) is 0 Å². The molecule has 5 heteroatoms. The molecule has 2 amide bonds. The fraction of sp³-hybridized carbons (Fsp3) is 0.385. The Balaban J connectivity index is 2.78. The van der Waals surface area contributed by atoms with Gasteiger partial charge in [-0.25, -0.2) is 4.39 Å².